The van der Waals surface area contributed by atoms with E-state index in [0.717, 1.165) is 62.2 Å². The van der Waals surface area contributed by atoms with Crippen molar-refractivity contribution in [3.05, 3.63) is 54.2 Å². The molecule has 182 valence electrons. The number of hydrogen-bond acceptors (Lipinski definition) is 7. The second-order valence-electron chi connectivity index (χ2n) is 9.21. The number of anilines is 1. The maximum atomic E-state index is 12.7. The Hall–Kier alpha value is -3.65. The molecule has 1 aromatic heterocycles. The van der Waals surface area contributed by atoms with E-state index in [9.17, 15) is 9.90 Å². The van der Waals surface area contributed by atoms with Gasteiger partial charge in [0.15, 0.2) is 11.5 Å². The van der Waals surface area contributed by atoms with Gasteiger partial charge in [0.2, 0.25) is 0 Å². The number of amides is 1. The van der Waals surface area contributed by atoms with Crippen LogP contribution in [0.5, 0.6) is 11.5 Å². The minimum atomic E-state index is 0.0206. The summed E-state index contributed by atoms with van der Waals surface area (Å²) >= 11 is 0. The Morgan fingerprint density at radius 2 is 1.83 bits per heavy atom. The zero-order valence-electron chi connectivity index (χ0n) is 20.2. The van der Waals surface area contributed by atoms with E-state index >= 15 is 0 Å². The number of aromatic nitrogens is 1. The van der Waals surface area contributed by atoms with Gasteiger partial charge in [0.25, 0.3) is 5.91 Å². The van der Waals surface area contributed by atoms with Gasteiger partial charge in [0.05, 0.1) is 24.4 Å². The lowest BCUT2D eigenvalue weighted by Crippen LogP contribution is -2.44. The molecule has 6 rings (SSSR count). The number of methoxy groups -OCH3 is 1. The van der Waals surface area contributed by atoms with E-state index in [1.54, 1.807) is 12.1 Å². The van der Waals surface area contributed by atoms with Gasteiger partial charge in [0.1, 0.15) is 5.82 Å². The average Bonchev–Trinajstić information content (AvgIpc) is 3.32. The molecule has 8 nitrogen and oxygen atoms in total. The molecule has 4 heterocycles. The molecular weight excluding hydrogens is 442 g/mol. The number of nitrogens with zero attached hydrogens (tertiary/aromatic N) is 5. The molecule has 2 fully saturated rings. The van der Waals surface area contributed by atoms with Crippen molar-refractivity contribution < 1.29 is 14.6 Å². The summed E-state index contributed by atoms with van der Waals surface area (Å²) in [5.41, 5.74) is 1.28. The largest absolute Gasteiger partial charge is 0.504 e. The van der Waals surface area contributed by atoms with Crippen LogP contribution >= 0.6 is 0 Å². The van der Waals surface area contributed by atoms with Gasteiger partial charge in [-0.3, -0.25) is 9.79 Å². The van der Waals surface area contributed by atoms with Crippen molar-refractivity contribution in [2.45, 2.75) is 18.9 Å². The SMILES string of the molecule is CN1CCN(c2ccccn2)CC1.COc1cc2cc3c(cc2cc1O)C(=O)N1CCCC1C=N3. The lowest BCUT2D eigenvalue weighted by molar-refractivity contribution is 0.0775. The fourth-order valence-electron chi connectivity index (χ4n) is 4.84. The van der Waals surface area contributed by atoms with Gasteiger partial charge in [-0.05, 0) is 67.1 Å². The van der Waals surface area contributed by atoms with E-state index in [4.69, 9.17) is 4.74 Å². The number of fused-ring (bicyclic) bond motifs is 3. The molecule has 0 aliphatic carbocycles. The molecule has 3 aliphatic heterocycles. The van der Waals surface area contributed by atoms with E-state index in [-0.39, 0.29) is 17.7 Å². The van der Waals surface area contributed by atoms with Crippen molar-refractivity contribution in [3.8, 4) is 11.5 Å². The Morgan fingerprint density at radius 3 is 2.57 bits per heavy atom. The zero-order chi connectivity index (χ0) is 24.4. The van der Waals surface area contributed by atoms with Crippen LogP contribution < -0.4 is 9.64 Å². The predicted molar refractivity (Wildman–Crippen MR) is 138 cm³/mol. The van der Waals surface area contributed by atoms with E-state index in [0.29, 0.717) is 17.0 Å². The molecule has 0 spiro atoms. The summed E-state index contributed by atoms with van der Waals surface area (Å²) in [4.78, 5) is 28.1. The Balaban J connectivity index is 0.000000166. The lowest BCUT2D eigenvalue weighted by atomic mass is 10.0. The highest BCUT2D eigenvalue weighted by molar-refractivity contribution is 6.07. The Kier molecular flexibility index (Phi) is 6.55. The zero-order valence-corrected chi connectivity index (χ0v) is 20.2. The number of hydrogen-bond donors (Lipinski definition) is 1. The summed E-state index contributed by atoms with van der Waals surface area (Å²) < 4.78 is 5.14. The second kappa shape index (κ2) is 9.92. The highest BCUT2D eigenvalue weighted by atomic mass is 16.5. The molecular formula is C27H31N5O3. The first-order chi connectivity index (χ1) is 17.0. The third-order valence-electron chi connectivity index (χ3n) is 6.91. The van der Waals surface area contributed by atoms with E-state index < -0.39 is 0 Å². The van der Waals surface area contributed by atoms with Gasteiger partial charge in [-0.2, -0.15) is 0 Å². The van der Waals surface area contributed by atoms with Crippen molar-refractivity contribution in [1.82, 2.24) is 14.8 Å². The van der Waals surface area contributed by atoms with Crippen LogP contribution in [-0.2, 0) is 0 Å². The van der Waals surface area contributed by atoms with Crippen molar-refractivity contribution in [3.63, 3.8) is 0 Å². The summed E-state index contributed by atoms with van der Waals surface area (Å²) in [5.74, 6) is 1.61. The van der Waals surface area contributed by atoms with Gasteiger partial charge in [0, 0.05) is 45.1 Å². The number of carbonyl (C=O) groups is 1. The number of benzene rings is 2. The number of phenols is 1. The van der Waals surface area contributed by atoms with Gasteiger partial charge >= 0.3 is 0 Å². The lowest BCUT2D eigenvalue weighted by Gasteiger charge is -2.33. The number of aromatic hydroxyl groups is 1. The van der Waals surface area contributed by atoms with Crippen molar-refractivity contribution in [2.75, 3.05) is 51.8 Å². The third kappa shape index (κ3) is 4.79. The fourth-order valence-corrected chi connectivity index (χ4v) is 4.84. The monoisotopic (exact) mass is 473 g/mol. The highest BCUT2D eigenvalue weighted by Gasteiger charge is 2.31. The van der Waals surface area contributed by atoms with Gasteiger partial charge in [-0.15, -0.1) is 0 Å². The molecule has 35 heavy (non-hydrogen) atoms. The summed E-state index contributed by atoms with van der Waals surface area (Å²) in [5, 5.41) is 11.6. The summed E-state index contributed by atoms with van der Waals surface area (Å²) in [7, 11) is 3.68. The molecule has 2 aromatic carbocycles. The first-order valence-corrected chi connectivity index (χ1v) is 12.1. The molecule has 3 aliphatic rings. The van der Waals surface area contributed by atoms with Crippen LogP contribution in [-0.4, -0.2) is 84.9 Å². The maximum Gasteiger partial charge on any atom is 0.256 e. The summed E-state index contributed by atoms with van der Waals surface area (Å²) in [6.07, 6.45) is 5.72. The number of rotatable bonds is 2. The predicted octanol–water partition coefficient (Wildman–Crippen LogP) is 3.71. The first-order valence-electron chi connectivity index (χ1n) is 12.1. The Morgan fingerprint density at radius 1 is 1.03 bits per heavy atom. The molecule has 0 radical (unpaired) electrons. The quantitative estimate of drug-likeness (QED) is 0.611. The highest BCUT2D eigenvalue weighted by Crippen LogP contribution is 2.36. The number of pyridine rings is 1. The number of phenolic OH excluding ortho intramolecular Hbond substituents is 1. The van der Waals surface area contributed by atoms with Crippen LogP contribution in [0.4, 0.5) is 11.5 Å². The fraction of sp³-hybridized carbons (Fsp3) is 0.370. The minimum Gasteiger partial charge on any atom is -0.504 e. The summed E-state index contributed by atoms with van der Waals surface area (Å²) in [6, 6.07) is 13.2. The number of piperazine rings is 1. The van der Waals surface area contributed by atoms with Gasteiger partial charge < -0.3 is 24.5 Å². The van der Waals surface area contributed by atoms with Gasteiger partial charge in [-0.25, -0.2) is 4.98 Å². The smallest absolute Gasteiger partial charge is 0.256 e. The van der Waals surface area contributed by atoms with Crippen molar-refractivity contribution >= 4 is 34.4 Å². The number of ether oxygens (including phenoxy) is 1. The molecule has 1 amide bonds. The second-order valence-corrected chi connectivity index (χ2v) is 9.21. The van der Waals surface area contributed by atoms with Crippen LogP contribution in [0.25, 0.3) is 10.8 Å². The van der Waals surface area contributed by atoms with E-state index in [2.05, 4.69) is 32.9 Å². The molecule has 1 atom stereocenters. The third-order valence-corrected chi connectivity index (χ3v) is 6.91. The van der Waals surface area contributed by atoms with Crippen LogP contribution in [0.15, 0.2) is 53.7 Å². The molecule has 3 aromatic rings. The Labute approximate surface area is 205 Å². The molecule has 0 saturated carbocycles. The van der Waals surface area contributed by atoms with Crippen LogP contribution in [0.1, 0.15) is 23.2 Å². The van der Waals surface area contributed by atoms with E-state index in [1.807, 2.05) is 41.6 Å². The van der Waals surface area contributed by atoms with Crippen molar-refractivity contribution in [1.29, 1.82) is 0 Å². The van der Waals surface area contributed by atoms with Crippen LogP contribution in [0.2, 0.25) is 0 Å². The number of aliphatic imine (C=N–C) groups is 1. The maximum absolute atomic E-state index is 12.7. The topological polar surface area (TPSA) is 81.5 Å². The van der Waals surface area contributed by atoms with E-state index in [1.165, 1.54) is 7.11 Å². The molecule has 1 unspecified atom stereocenters. The van der Waals surface area contributed by atoms with Crippen molar-refractivity contribution in [2.24, 2.45) is 4.99 Å². The number of likely N-dealkylation sites (N-methyl/N-ethyl adjacent to an activating group) is 1. The normalized spacial score (nSPS) is 19.6. The standard InChI is InChI=1S/C17H16N2O3.C10H15N3/c1-22-16-8-11-6-14-13(5-10(11)7-15(16)20)17(21)19-4-2-3-12(19)9-18-14;1-12-6-8-13(9-7-12)10-4-2-3-5-11-10/h5-9,12,20H,2-4H2,1H3;2-5H,6-9H2,1H3. The van der Waals surface area contributed by atoms with Gasteiger partial charge in [-0.1, -0.05) is 6.07 Å². The first kappa shape index (κ1) is 23.1. The Bertz CT molecular complexity index is 1240. The minimum absolute atomic E-state index is 0.0206. The summed E-state index contributed by atoms with van der Waals surface area (Å²) in [6.45, 7) is 5.23. The number of carbonyl (C=O) groups excluding carboxylic acids is 1. The average molecular weight is 474 g/mol. The molecule has 2 saturated heterocycles. The molecule has 1 N–H and O–H groups in total. The van der Waals surface area contributed by atoms with Crippen LogP contribution in [0.3, 0.4) is 0 Å². The molecule has 8 heteroatoms. The van der Waals surface area contributed by atoms with Crippen LogP contribution in [0, 0.1) is 0 Å². The molecule has 0 bridgehead atoms.